The van der Waals surface area contributed by atoms with E-state index in [-0.39, 0.29) is 18.0 Å². The van der Waals surface area contributed by atoms with Gasteiger partial charge in [-0.25, -0.2) is 4.98 Å². The highest BCUT2D eigenvalue weighted by atomic mass is 16.5. The summed E-state index contributed by atoms with van der Waals surface area (Å²) in [5, 5.41) is 3.03. The molecule has 1 saturated heterocycles. The number of aromatic nitrogens is 2. The Labute approximate surface area is 214 Å². The van der Waals surface area contributed by atoms with Gasteiger partial charge in [0, 0.05) is 26.2 Å². The number of amides is 1. The summed E-state index contributed by atoms with van der Waals surface area (Å²) < 4.78 is 5.74. The summed E-state index contributed by atoms with van der Waals surface area (Å²) in [6.07, 6.45) is 14.4. The SMILES string of the molecule is C=C/C(NC(=O)C1=C(N)C=CC(c2cncc(OCC(C)C)n2)N1C)=C(\C=C/C)N1CCC[C@H](N)C1. The molecular weight excluding hydrogens is 454 g/mol. The van der Waals surface area contributed by atoms with E-state index < -0.39 is 0 Å². The highest BCUT2D eigenvalue weighted by Crippen LogP contribution is 2.29. The molecule has 9 heteroatoms. The van der Waals surface area contributed by atoms with Crippen LogP contribution in [-0.2, 0) is 4.79 Å². The van der Waals surface area contributed by atoms with E-state index in [0.717, 1.165) is 31.6 Å². The molecule has 3 rings (SSSR count). The van der Waals surface area contributed by atoms with Gasteiger partial charge in [0.1, 0.15) is 5.70 Å². The maximum Gasteiger partial charge on any atom is 0.274 e. The van der Waals surface area contributed by atoms with Crippen molar-refractivity contribution >= 4 is 5.91 Å². The van der Waals surface area contributed by atoms with Gasteiger partial charge in [0.15, 0.2) is 0 Å². The predicted octanol–water partition coefficient (Wildman–Crippen LogP) is 2.74. The number of carbonyl (C=O) groups is 1. The van der Waals surface area contributed by atoms with Crippen LogP contribution in [0.5, 0.6) is 5.88 Å². The highest BCUT2D eigenvalue weighted by molar-refractivity contribution is 5.95. The van der Waals surface area contributed by atoms with Crippen LogP contribution in [0.25, 0.3) is 0 Å². The molecule has 1 aromatic rings. The van der Waals surface area contributed by atoms with Crippen LogP contribution in [0.2, 0.25) is 0 Å². The number of piperidine rings is 1. The second-order valence-electron chi connectivity index (χ2n) is 9.51. The highest BCUT2D eigenvalue weighted by Gasteiger charge is 2.29. The third-order valence-corrected chi connectivity index (χ3v) is 6.07. The molecule has 5 N–H and O–H groups in total. The molecule has 0 aromatic carbocycles. The Morgan fingerprint density at radius 3 is 2.83 bits per heavy atom. The smallest absolute Gasteiger partial charge is 0.274 e. The molecule has 2 aliphatic heterocycles. The van der Waals surface area contributed by atoms with Gasteiger partial charge in [0.2, 0.25) is 5.88 Å². The fourth-order valence-electron chi connectivity index (χ4n) is 4.31. The van der Waals surface area contributed by atoms with Crippen LogP contribution >= 0.6 is 0 Å². The van der Waals surface area contributed by atoms with E-state index in [1.807, 2.05) is 32.2 Å². The van der Waals surface area contributed by atoms with Crippen molar-refractivity contribution in [2.45, 2.75) is 45.7 Å². The Morgan fingerprint density at radius 2 is 2.17 bits per heavy atom. The van der Waals surface area contributed by atoms with Crippen LogP contribution in [-0.4, -0.2) is 58.5 Å². The van der Waals surface area contributed by atoms with Gasteiger partial charge in [0.05, 0.1) is 47.8 Å². The minimum absolute atomic E-state index is 0.0934. The Hall–Kier alpha value is -3.59. The lowest BCUT2D eigenvalue weighted by Gasteiger charge is -2.35. The number of carbonyl (C=O) groups excluding carboxylic acids is 1. The van der Waals surface area contributed by atoms with E-state index in [1.54, 1.807) is 29.4 Å². The van der Waals surface area contributed by atoms with Crippen molar-refractivity contribution < 1.29 is 9.53 Å². The van der Waals surface area contributed by atoms with Gasteiger partial charge < -0.3 is 31.3 Å². The van der Waals surface area contributed by atoms with Crippen LogP contribution in [0, 0.1) is 5.92 Å². The van der Waals surface area contributed by atoms with Crippen molar-refractivity contribution in [2.75, 3.05) is 26.7 Å². The number of nitrogens with two attached hydrogens (primary N) is 2. The van der Waals surface area contributed by atoms with Crippen molar-refractivity contribution in [1.29, 1.82) is 0 Å². The zero-order valence-corrected chi connectivity index (χ0v) is 21.8. The quantitative estimate of drug-likeness (QED) is 0.449. The predicted molar refractivity (Wildman–Crippen MR) is 142 cm³/mol. The summed E-state index contributed by atoms with van der Waals surface area (Å²) in [4.78, 5) is 26.4. The van der Waals surface area contributed by atoms with E-state index in [2.05, 4.69) is 40.6 Å². The first-order valence-electron chi connectivity index (χ1n) is 12.4. The Kier molecular flexibility index (Phi) is 9.30. The zero-order chi connectivity index (χ0) is 26.2. The first-order valence-corrected chi connectivity index (χ1v) is 12.4. The van der Waals surface area contributed by atoms with Crippen molar-refractivity contribution in [3.63, 3.8) is 0 Å². The second-order valence-corrected chi connectivity index (χ2v) is 9.51. The molecule has 36 heavy (non-hydrogen) atoms. The number of rotatable bonds is 9. The van der Waals surface area contributed by atoms with Gasteiger partial charge in [0.25, 0.3) is 5.91 Å². The second kappa shape index (κ2) is 12.4. The normalized spacial score (nSPS) is 21.2. The third kappa shape index (κ3) is 6.54. The molecule has 2 atom stereocenters. The molecule has 0 spiro atoms. The summed E-state index contributed by atoms with van der Waals surface area (Å²) in [7, 11) is 1.81. The maximum atomic E-state index is 13.5. The summed E-state index contributed by atoms with van der Waals surface area (Å²) in [5.74, 6) is 0.484. The first-order chi connectivity index (χ1) is 17.2. The molecule has 0 bridgehead atoms. The van der Waals surface area contributed by atoms with Gasteiger partial charge >= 0.3 is 0 Å². The lowest BCUT2D eigenvalue weighted by atomic mass is 10.0. The van der Waals surface area contributed by atoms with Crippen molar-refractivity contribution in [1.82, 2.24) is 25.1 Å². The van der Waals surface area contributed by atoms with Gasteiger partial charge in [-0.1, -0.05) is 32.6 Å². The van der Waals surface area contributed by atoms with Gasteiger partial charge in [-0.05, 0) is 43.9 Å². The number of allylic oxidation sites excluding steroid dienone is 4. The molecular formula is C27H39N7O2. The summed E-state index contributed by atoms with van der Waals surface area (Å²) in [6, 6.07) is -0.240. The van der Waals surface area contributed by atoms with E-state index in [0.29, 0.717) is 41.2 Å². The molecule has 1 fully saturated rings. The van der Waals surface area contributed by atoms with Crippen molar-refractivity contribution in [3.05, 3.63) is 77.8 Å². The standard InChI is InChI=1S/C27H39N7O2/c1-6-9-24(34-13-8-10-19(28)16-34)21(7-2)32-27(35)26-20(29)11-12-23(33(26)5)22-14-30-15-25(31-22)36-17-18(3)4/h6-7,9,11-12,14-15,18-19,23H,2,8,10,13,16-17,28-29H2,1,3-5H3,(H,32,35)/b9-6-,24-21-/t19-,23?/m0/s1. The fourth-order valence-corrected chi connectivity index (χ4v) is 4.31. The number of hydrogen-bond donors (Lipinski definition) is 3. The average molecular weight is 494 g/mol. The zero-order valence-electron chi connectivity index (χ0n) is 21.8. The van der Waals surface area contributed by atoms with Crippen LogP contribution in [0.4, 0.5) is 0 Å². The number of ether oxygens (including phenoxy) is 1. The largest absolute Gasteiger partial charge is 0.476 e. The van der Waals surface area contributed by atoms with Crippen molar-refractivity contribution in [3.8, 4) is 5.88 Å². The van der Waals surface area contributed by atoms with Crippen LogP contribution in [0.3, 0.4) is 0 Å². The van der Waals surface area contributed by atoms with Gasteiger partial charge in [-0.2, -0.15) is 0 Å². The van der Waals surface area contributed by atoms with Crippen LogP contribution in [0.15, 0.2) is 72.1 Å². The Balaban J connectivity index is 1.85. The minimum atomic E-state index is -0.334. The number of likely N-dealkylation sites (N-methyl/N-ethyl adjacent to an activating group) is 1. The molecule has 2 aliphatic rings. The van der Waals surface area contributed by atoms with E-state index in [1.165, 1.54) is 0 Å². The number of likely N-dealkylation sites (tertiary alicyclic amines) is 1. The summed E-state index contributed by atoms with van der Waals surface area (Å²) in [5.41, 5.74) is 15.3. The number of nitrogens with zero attached hydrogens (tertiary/aromatic N) is 4. The molecule has 0 aliphatic carbocycles. The molecule has 194 valence electrons. The molecule has 0 radical (unpaired) electrons. The van der Waals surface area contributed by atoms with E-state index >= 15 is 0 Å². The molecule has 1 amide bonds. The first kappa shape index (κ1) is 27.0. The van der Waals surface area contributed by atoms with Crippen LogP contribution in [0.1, 0.15) is 45.3 Å². The minimum Gasteiger partial charge on any atom is -0.476 e. The van der Waals surface area contributed by atoms with E-state index in [9.17, 15) is 4.79 Å². The average Bonchev–Trinajstić information content (AvgIpc) is 2.85. The topological polar surface area (TPSA) is 123 Å². The van der Waals surface area contributed by atoms with Gasteiger partial charge in [-0.3, -0.25) is 9.78 Å². The van der Waals surface area contributed by atoms with Crippen LogP contribution < -0.4 is 21.5 Å². The van der Waals surface area contributed by atoms with Gasteiger partial charge in [-0.15, -0.1) is 0 Å². The fraction of sp³-hybridized carbons (Fsp3) is 0.444. The molecule has 1 unspecified atom stereocenters. The Bertz CT molecular complexity index is 1070. The molecule has 0 saturated carbocycles. The van der Waals surface area contributed by atoms with E-state index in [4.69, 9.17) is 16.2 Å². The Morgan fingerprint density at radius 1 is 1.39 bits per heavy atom. The maximum absolute atomic E-state index is 13.5. The lowest BCUT2D eigenvalue weighted by molar-refractivity contribution is -0.118. The summed E-state index contributed by atoms with van der Waals surface area (Å²) >= 11 is 0. The molecule has 1 aromatic heterocycles. The van der Waals surface area contributed by atoms with Crippen molar-refractivity contribution in [2.24, 2.45) is 17.4 Å². The third-order valence-electron chi connectivity index (χ3n) is 6.07. The lowest BCUT2D eigenvalue weighted by Crippen LogP contribution is -2.43. The molecule has 9 nitrogen and oxygen atoms in total. The monoisotopic (exact) mass is 493 g/mol. The number of hydrogen-bond acceptors (Lipinski definition) is 8. The summed E-state index contributed by atoms with van der Waals surface area (Å²) in [6.45, 7) is 12.2. The number of nitrogens with one attached hydrogen (secondary N) is 1. The molecule has 3 heterocycles.